The second-order valence-corrected chi connectivity index (χ2v) is 7.03. The zero-order valence-electron chi connectivity index (χ0n) is 15.7. The number of rotatable bonds is 6. The number of hydrogen-bond donors (Lipinski definition) is 4. The fraction of sp³-hybridized carbons (Fsp3) is 0.238. The molecule has 0 radical (unpaired) electrons. The third-order valence-electron chi connectivity index (χ3n) is 5.12. The van der Waals surface area contributed by atoms with E-state index in [1.807, 2.05) is 18.2 Å². The van der Waals surface area contributed by atoms with Crippen molar-refractivity contribution in [2.24, 2.45) is 5.73 Å². The number of nitrogens with zero attached hydrogens (tertiary/aromatic N) is 1. The average molecular weight is 391 g/mol. The van der Waals surface area contributed by atoms with Gasteiger partial charge in [0.2, 0.25) is 5.91 Å². The fourth-order valence-electron chi connectivity index (χ4n) is 3.59. The van der Waals surface area contributed by atoms with Gasteiger partial charge < -0.3 is 15.8 Å². The average Bonchev–Trinajstić information content (AvgIpc) is 3.12. The summed E-state index contributed by atoms with van der Waals surface area (Å²) in [5, 5.41) is 18.2. The lowest BCUT2D eigenvalue weighted by molar-refractivity contribution is -0.120. The van der Waals surface area contributed by atoms with Gasteiger partial charge in [0, 0.05) is 29.0 Å². The van der Waals surface area contributed by atoms with Crippen LogP contribution in [0, 0.1) is 5.41 Å². The van der Waals surface area contributed by atoms with Gasteiger partial charge in [-0.1, -0.05) is 18.2 Å². The van der Waals surface area contributed by atoms with E-state index >= 15 is 0 Å². The Kier molecular flexibility index (Phi) is 4.99. The normalized spacial score (nSPS) is 15.0. The van der Waals surface area contributed by atoms with E-state index in [1.165, 1.54) is 0 Å². The Morgan fingerprint density at radius 1 is 1.28 bits per heavy atom. The minimum atomic E-state index is -0.269. The van der Waals surface area contributed by atoms with E-state index in [0.717, 1.165) is 11.3 Å². The Morgan fingerprint density at radius 2 is 2.07 bits per heavy atom. The maximum Gasteiger partial charge on any atom is 0.272 e. The van der Waals surface area contributed by atoms with Crippen LogP contribution in [0.1, 0.15) is 29.2 Å². The highest BCUT2D eigenvalue weighted by Crippen LogP contribution is 2.36. The standard InChI is InChI=1S/C21H21N5O3/c22-20(23)12-5-6-18-16(9-12)13(11-29-18)7-8-24-19(27)10-17-14-3-1-2-4-15(14)21(28)26-25-17/h1-6,9,13H,7-8,10-11H2,(H3,22,23)(H,24,27)(H,26,28). The van der Waals surface area contributed by atoms with Gasteiger partial charge >= 0.3 is 0 Å². The smallest absolute Gasteiger partial charge is 0.272 e. The zero-order chi connectivity index (χ0) is 20.4. The van der Waals surface area contributed by atoms with Crippen LogP contribution in [0.3, 0.4) is 0 Å². The Labute approximate surface area is 166 Å². The molecule has 0 aliphatic carbocycles. The third kappa shape index (κ3) is 3.82. The third-order valence-corrected chi connectivity index (χ3v) is 5.12. The Morgan fingerprint density at radius 3 is 2.86 bits per heavy atom. The van der Waals surface area contributed by atoms with Crippen molar-refractivity contribution in [3.63, 3.8) is 0 Å². The van der Waals surface area contributed by atoms with Crippen molar-refractivity contribution in [2.75, 3.05) is 13.2 Å². The van der Waals surface area contributed by atoms with Crippen LogP contribution in [0.25, 0.3) is 10.8 Å². The van der Waals surface area contributed by atoms with Crippen molar-refractivity contribution < 1.29 is 9.53 Å². The number of amides is 1. The molecule has 2 aromatic carbocycles. The van der Waals surface area contributed by atoms with E-state index in [9.17, 15) is 9.59 Å². The number of H-pyrrole nitrogens is 1. The van der Waals surface area contributed by atoms with Crippen LogP contribution in [-0.4, -0.2) is 35.1 Å². The van der Waals surface area contributed by atoms with Gasteiger partial charge in [-0.3, -0.25) is 15.0 Å². The molecule has 8 heteroatoms. The van der Waals surface area contributed by atoms with E-state index < -0.39 is 0 Å². The predicted octanol–water partition coefficient (Wildman–Crippen LogP) is 1.43. The molecule has 1 atom stereocenters. The largest absolute Gasteiger partial charge is 0.493 e. The topological polar surface area (TPSA) is 134 Å². The molecule has 1 aliphatic rings. The minimum Gasteiger partial charge on any atom is -0.493 e. The van der Waals surface area contributed by atoms with Crippen molar-refractivity contribution in [1.29, 1.82) is 5.41 Å². The summed E-state index contributed by atoms with van der Waals surface area (Å²) in [6.07, 6.45) is 0.795. The summed E-state index contributed by atoms with van der Waals surface area (Å²) in [5.74, 6) is 0.797. The maximum atomic E-state index is 12.4. The Bertz CT molecular complexity index is 1150. The molecule has 1 aromatic heterocycles. The molecule has 4 rings (SSSR count). The van der Waals surface area contributed by atoms with Crippen LogP contribution in [0.5, 0.6) is 5.75 Å². The molecule has 1 unspecified atom stereocenters. The van der Waals surface area contributed by atoms with Gasteiger partial charge in [-0.25, -0.2) is 5.10 Å². The number of hydrogen-bond acceptors (Lipinski definition) is 5. The fourth-order valence-corrected chi connectivity index (χ4v) is 3.59. The lowest BCUT2D eigenvalue weighted by atomic mass is 9.96. The van der Waals surface area contributed by atoms with Gasteiger partial charge in [-0.2, -0.15) is 5.10 Å². The van der Waals surface area contributed by atoms with Crippen molar-refractivity contribution in [2.45, 2.75) is 18.8 Å². The molecule has 3 aromatic rings. The van der Waals surface area contributed by atoms with Crippen LogP contribution in [0.2, 0.25) is 0 Å². The van der Waals surface area contributed by atoms with Gasteiger partial charge in [0.05, 0.1) is 24.1 Å². The van der Waals surface area contributed by atoms with E-state index in [4.69, 9.17) is 15.9 Å². The Hall–Kier alpha value is -3.68. The lowest BCUT2D eigenvalue weighted by Gasteiger charge is -2.11. The molecule has 148 valence electrons. The molecule has 0 saturated heterocycles. The van der Waals surface area contributed by atoms with Crippen LogP contribution < -0.4 is 21.3 Å². The number of carbonyl (C=O) groups excluding carboxylic acids is 1. The van der Waals surface area contributed by atoms with E-state index in [1.54, 1.807) is 24.3 Å². The van der Waals surface area contributed by atoms with Crippen LogP contribution in [-0.2, 0) is 11.2 Å². The Balaban J connectivity index is 1.38. The summed E-state index contributed by atoms with van der Waals surface area (Å²) in [7, 11) is 0. The molecular weight excluding hydrogens is 370 g/mol. The van der Waals surface area contributed by atoms with Gasteiger partial charge in [0.1, 0.15) is 11.6 Å². The second-order valence-electron chi connectivity index (χ2n) is 7.03. The first-order valence-electron chi connectivity index (χ1n) is 9.37. The summed E-state index contributed by atoms with van der Waals surface area (Å²) < 4.78 is 5.69. The highest BCUT2D eigenvalue weighted by atomic mass is 16.5. The molecule has 5 N–H and O–H groups in total. The predicted molar refractivity (Wildman–Crippen MR) is 109 cm³/mol. The van der Waals surface area contributed by atoms with Crippen LogP contribution in [0.4, 0.5) is 0 Å². The van der Waals surface area contributed by atoms with Crippen LogP contribution >= 0.6 is 0 Å². The maximum absolute atomic E-state index is 12.4. The number of nitrogens with one attached hydrogen (secondary N) is 3. The summed E-state index contributed by atoms with van der Waals surface area (Å²) in [6.45, 7) is 1.02. The van der Waals surface area contributed by atoms with Gasteiger partial charge in [-0.15, -0.1) is 0 Å². The van der Waals surface area contributed by atoms with Crippen molar-refractivity contribution in [3.05, 3.63) is 69.6 Å². The number of nitrogen functional groups attached to an aromatic ring is 1. The molecule has 1 amide bonds. The molecule has 0 fully saturated rings. The summed E-state index contributed by atoms with van der Waals surface area (Å²) in [4.78, 5) is 24.2. The molecule has 8 nitrogen and oxygen atoms in total. The first-order chi connectivity index (χ1) is 14.0. The number of aromatic nitrogens is 2. The number of carbonyl (C=O) groups is 1. The zero-order valence-corrected chi connectivity index (χ0v) is 15.7. The molecular formula is C21H21N5O3. The van der Waals surface area contributed by atoms with Crippen molar-refractivity contribution >= 4 is 22.5 Å². The van der Waals surface area contributed by atoms with Gasteiger partial charge in [0.15, 0.2) is 0 Å². The first kappa shape index (κ1) is 18.7. The highest BCUT2D eigenvalue weighted by Gasteiger charge is 2.24. The van der Waals surface area contributed by atoms with Gasteiger partial charge in [0.25, 0.3) is 5.56 Å². The summed E-state index contributed by atoms with van der Waals surface area (Å²) in [5.41, 5.74) is 7.52. The molecule has 1 aliphatic heterocycles. The van der Waals surface area contributed by atoms with Gasteiger partial charge in [-0.05, 0) is 30.7 Å². The number of ether oxygens (including phenoxy) is 1. The van der Waals surface area contributed by atoms with E-state index in [0.29, 0.717) is 41.6 Å². The highest BCUT2D eigenvalue weighted by molar-refractivity contribution is 5.95. The lowest BCUT2D eigenvalue weighted by Crippen LogP contribution is -2.28. The van der Waals surface area contributed by atoms with Crippen molar-refractivity contribution in [1.82, 2.24) is 15.5 Å². The number of nitrogens with two attached hydrogens (primary N) is 1. The number of fused-ring (bicyclic) bond motifs is 2. The molecule has 29 heavy (non-hydrogen) atoms. The summed E-state index contributed by atoms with van der Waals surface area (Å²) in [6, 6.07) is 12.6. The van der Waals surface area contributed by atoms with Crippen molar-refractivity contribution in [3.8, 4) is 5.75 Å². The number of benzene rings is 2. The molecule has 0 saturated carbocycles. The van der Waals surface area contributed by atoms with E-state index in [-0.39, 0.29) is 29.6 Å². The number of amidine groups is 1. The summed E-state index contributed by atoms with van der Waals surface area (Å²) >= 11 is 0. The molecule has 0 bridgehead atoms. The first-order valence-corrected chi connectivity index (χ1v) is 9.37. The van der Waals surface area contributed by atoms with E-state index in [2.05, 4.69) is 15.5 Å². The molecule has 2 heterocycles. The second kappa shape index (κ2) is 7.75. The van der Waals surface area contributed by atoms with Crippen LogP contribution in [0.15, 0.2) is 47.3 Å². The number of aromatic amines is 1. The monoisotopic (exact) mass is 391 g/mol. The SMILES string of the molecule is N=C(N)c1ccc2c(c1)C(CCNC(=O)Cc1n[nH]c(=O)c3ccccc13)CO2. The minimum absolute atomic E-state index is 0.0207. The molecule has 0 spiro atoms. The quantitative estimate of drug-likeness (QED) is 0.373.